The lowest BCUT2D eigenvalue weighted by Crippen LogP contribution is -2.19. The molecule has 0 aliphatic heterocycles. The third-order valence-electron chi connectivity index (χ3n) is 3.13. The summed E-state index contributed by atoms with van der Waals surface area (Å²) in [5, 5.41) is 3.02. The normalized spacial score (nSPS) is 12.4. The molecule has 1 N–H and O–H groups in total. The summed E-state index contributed by atoms with van der Waals surface area (Å²) in [5.74, 6) is -1.76. The Morgan fingerprint density at radius 2 is 1.80 bits per heavy atom. The molecule has 0 aliphatic rings. The van der Waals surface area contributed by atoms with Gasteiger partial charge in [0.15, 0.2) is 0 Å². The maximum Gasteiger partial charge on any atom is 0.142 e. The first-order valence-corrected chi connectivity index (χ1v) is 6.45. The van der Waals surface area contributed by atoms with Crippen molar-refractivity contribution in [3.05, 3.63) is 70.0 Å². The minimum atomic E-state index is -0.621. The molecule has 0 amide bonds. The van der Waals surface area contributed by atoms with Gasteiger partial charge in [-0.1, -0.05) is 23.7 Å². The van der Waals surface area contributed by atoms with E-state index in [2.05, 4.69) is 5.32 Å². The van der Waals surface area contributed by atoms with Gasteiger partial charge in [0, 0.05) is 12.1 Å². The molecule has 0 aromatic heterocycles. The second-order valence-electron chi connectivity index (χ2n) is 4.45. The molecular formula is C15H13ClF3N. The zero-order chi connectivity index (χ0) is 14.7. The van der Waals surface area contributed by atoms with E-state index >= 15 is 0 Å². The Kier molecular flexibility index (Phi) is 4.68. The molecule has 0 heterocycles. The van der Waals surface area contributed by atoms with Gasteiger partial charge < -0.3 is 5.32 Å². The lowest BCUT2D eigenvalue weighted by Gasteiger charge is -2.17. The maximum atomic E-state index is 13.6. The summed E-state index contributed by atoms with van der Waals surface area (Å²) < 4.78 is 40.0. The number of halogens is 4. The molecule has 106 valence electrons. The predicted molar refractivity (Wildman–Crippen MR) is 73.3 cm³/mol. The van der Waals surface area contributed by atoms with Crippen LogP contribution in [-0.2, 0) is 6.42 Å². The molecule has 0 aliphatic carbocycles. The molecule has 0 saturated heterocycles. The Bertz CT molecular complexity index is 616. The molecule has 0 bridgehead atoms. The molecule has 2 rings (SSSR count). The average molecular weight is 300 g/mol. The fourth-order valence-electron chi connectivity index (χ4n) is 2.02. The summed E-state index contributed by atoms with van der Waals surface area (Å²) in [5.41, 5.74) is 1.01. The van der Waals surface area contributed by atoms with Crippen molar-refractivity contribution >= 4 is 11.6 Å². The predicted octanol–water partition coefficient (Wildman–Crippen LogP) is 4.26. The number of rotatable bonds is 4. The molecular weight excluding hydrogens is 287 g/mol. The highest BCUT2D eigenvalue weighted by molar-refractivity contribution is 6.30. The van der Waals surface area contributed by atoms with Gasteiger partial charge in [0.1, 0.15) is 17.5 Å². The maximum absolute atomic E-state index is 13.6. The fourth-order valence-corrected chi connectivity index (χ4v) is 2.14. The van der Waals surface area contributed by atoms with Crippen molar-refractivity contribution in [3.63, 3.8) is 0 Å². The highest BCUT2D eigenvalue weighted by atomic mass is 35.5. The molecule has 2 aromatic rings. The molecule has 2 aromatic carbocycles. The van der Waals surface area contributed by atoms with Crippen LogP contribution < -0.4 is 5.32 Å². The highest BCUT2D eigenvalue weighted by Crippen LogP contribution is 2.24. The summed E-state index contributed by atoms with van der Waals surface area (Å²) >= 11 is 5.63. The largest absolute Gasteiger partial charge is 0.313 e. The first-order valence-electron chi connectivity index (χ1n) is 6.07. The molecule has 20 heavy (non-hydrogen) atoms. The van der Waals surface area contributed by atoms with Crippen molar-refractivity contribution in [1.29, 1.82) is 0 Å². The Balaban J connectivity index is 2.26. The van der Waals surface area contributed by atoms with E-state index in [9.17, 15) is 13.2 Å². The van der Waals surface area contributed by atoms with Gasteiger partial charge in [-0.15, -0.1) is 0 Å². The average Bonchev–Trinajstić information content (AvgIpc) is 2.41. The van der Waals surface area contributed by atoms with Crippen LogP contribution in [0.5, 0.6) is 0 Å². The van der Waals surface area contributed by atoms with Crippen LogP contribution >= 0.6 is 11.6 Å². The van der Waals surface area contributed by atoms with Crippen LogP contribution in [0.1, 0.15) is 17.2 Å². The van der Waals surface area contributed by atoms with E-state index in [-0.39, 0.29) is 17.5 Å². The van der Waals surface area contributed by atoms with Gasteiger partial charge in [0.2, 0.25) is 0 Å². The van der Waals surface area contributed by atoms with Gasteiger partial charge in [-0.3, -0.25) is 0 Å². The van der Waals surface area contributed by atoms with Crippen molar-refractivity contribution in [3.8, 4) is 0 Å². The molecule has 1 unspecified atom stereocenters. The number of hydrogen-bond acceptors (Lipinski definition) is 1. The number of benzene rings is 2. The standard InChI is InChI=1S/C15H13ClF3N/c1-20-15(10-3-5-12(16)14(19)6-10)7-9-2-4-11(17)8-13(9)18/h2-6,8,15,20H,7H2,1H3. The zero-order valence-electron chi connectivity index (χ0n) is 10.8. The topological polar surface area (TPSA) is 12.0 Å². The van der Waals surface area contributed by atoms with E-state index < -0.39 is 17.5 Å². The lowest BCUT2D eigenvalue weighted by atomic mass is 9.98. The van der Waals surface area contributed by atoms with Crippen molar-refractivity contribution < 1.29 is 13.2 Å². The van der Waals surface area contributed by atoms with Crippen LogP contribution in [0.15, 0.2) is 36.4 Å². The van der Waals surface area contributed by atoms with Gasteiger partial charge in [-0.05, 0) is 42.8 Å². The molecule has 0 radical (unpaired) electrons. The third-order valence-corrected chi connectivity index (χ3v) is 3.44. The number of nitrogens with one attached hydrogen (secondary N) is 1. The van der Waals surface area contributed by atoms with Crippen molar-refractivity contribution in [2.24, 2.45) is 0 Å². The summed E-state index contributed by atoms with van der Waals surface area (Å²) in [6, 6.07) is 7.58. The quantitative estimate of drug-likeness (QED) is 0.889. The van der Waals surface area contributed by atoms with E-state index in [4.69, 9.17) is 11.6 Å². The van der Waals surface area contributed by atoms with E-state index in [1.54, 1.807) is 13.1 Å². The van der Waals surface area contributed by atoms with Crippen molar-refractivity contribution in [2.75, 3.05) is 7.05 Å². The smallest absolute Gasteiger partial charge is 0.142 e. The SMILES string of the molecule is CNC(Cc1ccc(F)cc1F)c1ccc(Cl)c(F)c1. The Morgan fingerprint density at radius 3 is 2.40 bits per heavy atom. The van der Waals surface area contributed by atoms with Gasteiger partial charge in [-0.25, -0.2) is 13.2 Å². The lowest BCUT2D eigenvalue weighted by molar-refractivity contribution is 0.537. The Labute approximate surface area is 120 Å². The van der Waals surface area contributed by atoms with E-state index in [1.165, 1.54) is 24.3 Å². The van der Waals surface area contributed by atoms with Gasteiger partial charge in [0.25, 0.3) is 0 Å². The minimum absolute atomic E-state index is 0.0385. The summed E-state index contributed by atoms with van der Waals surface area (Å²) in [6.45, 7) is 0. The van der Waals surface area contributed by atoms with Crippen LogP contribution in [-0.4, -0.2) is 7.05 Å². The van der Waals surface area contributed by atoms with Crippen LogP contribution in [0.2, 0.25) is 5.02 Å². The molecule has 0 saturated carbocycles. The fraction of sp³-hybridized carbons (Fsp3) is 0.200. The van der Waals surface area contributed by atoms with Gasteiger partial charge in [-0.2, -0.15) is 0 Å². The molecule has 1 atom stereocenters. The second kappa shape index (κ2) is 6.29. The summed E-state index contributed by atoms with van der Waals surface area (Å²) in [6.07, 6.45) is 0.281. The Morgan fingerprint density at radius 1 is 1.05 bits per heavy atom. The van der Waals surface area contributed by atoms with Gasteiger partial charge >= 0.3 is 0 Å². The van der Waals surface area contributed by atoms with E-state index in [0.29, 0.717) is 11.1 Å². The molecule has 1 nitrogen and oxygen atoms in total. The highest BCUT2D eigenvalue weighted by Gasteiger charge is 2.15. The Hall–Kier alpha value is -1.52. The first kappa shape index (κ1) is 14.9. The molecule has 0 fully saturated rings. The summed E-state index contributed by atoms with van der Waals surface area (Å²) in [7, 11) is 1.69. The third kappa shape index (κ3) is 3.32. The van der Waals surface area contributed by atoms with Crippen LogP contribution in [0.3, 0.4) is 0 Å². The monoisotopic (exact) mass is 299 g/mol. The van der Waals surface area contributed by atoms with Crippen LogP contribution in [0.4, 0.5) is 13.2 Å². The number of likely N-dealkylation sites (N-methyl/N-ethyl adjacent to an activating group) is 1. The van der Waals surface area contributed by atoms with E-state index in [0.717, 1.165) is 6.07 Å². The van der Waals surface area contributed by atoms with Crippen molar-refractivity contribution in [2.45, 2.75) is 12.5 Å². The minimum Gasteiger partial charge on any atom is -0.313 e. The van der Waals surface area contributed by atoms with E-state index in [1.807, 2.05) is 0 Å². The zero-order valence-corrected chi connectivity index (χ0v) is 11.5. The first-order chi connectivity index (χ1) is 9.51. The van der Waals surface area contributed by atoms with Crippen LogP contribution in [0, 0.1) is 17.5 Å². The number of hydrogen-bond donors (Lipinski definition) is 1. The molecule has 0 spiro atoms. The van der Waals surface area contributed by atoms with Crippen molar-refractivity contribution in [1.82, 2.24) is 5.32 Å². The molecule has 5 heteroatoms. The summed E-state index contributed by atoms with van der Waals surface area (Å²) in [4.78, 5) is 0. The van der Waals surface area contributed by atoms with Crippen LogP contribution in [0.25, 0.3) is 0 Å². The van der Waals surface area contributed by atoms with Gasteiger partial charge in [0.05, 0.1) is 5.02 Å². The second-order valence-corrected chi connectivity index (χ2v) is 4.86.